The van der Waals surface area contributed by atoms with E-state index < -0.39 is 0 Å². The third kappa shape index (κ3) is 2.63. The molecule has 4 rings (SSSR count). The SMILES string of the molecule is c1cc2c(cc1-c1csc(C3CCCN3)n1)OCCCO2. The van der Waals surface area contributed by atoms with Gasteiger partial charge in [0.15, 0.2) is 11.5 Å². The van der Waals surface area contributed by atoms with Crippen LogP contribution in [0.15, 0.2) is 23.6 Å². The molecule has 1 unspecified atom stereocenters. The van der Waals surface area contributed by atoms with Crippen LogP contribution in [-0.2, 0) is 0 Å². The van der Waals surface area contributed by atoms with Gasteiger partial charge in [-0.1, -0.05) is 0 Å². The predicted octanol–water partition coefficient (Wildman–Crippen LogP) is 3.40. The summed E-state index contributed by atoms with van der Waals surface area (Å²) in [6.07, 6.45) is 3.36. The smallest absolute Gasteiger partial charge is 0.161 e. The Kier molecular flexibility index (Phi) is 3.53. The van der Waals surface area contributed by atoms with Crippen molar-refractivity contribution in [2.24, 2.45) is 0 Å². The molecule has 21 heavy (non-hydrogen) atoms. The number of benzene rings is 1. The van der Waals surface area contributed by atoms with Crippen LogP contribution in [0.25, 0.3) is 11.3 Å². The van der Waals surface area contributed by atoms with Crippen LogP contribution in [0, 0.1) is 0 Å². The summed E-state index contributed by atoms with van der Waals surface area (Å²) < 4.78 is 11.4. The number of ether oxygens (including phenoxy) is 2. The summed E-state index contributed by atoms with van der Waals surface area (Å²) in [6, 6.07) is 6.53. The zero-order valence-electron chi connectivity index (χ0n) is 11.8. The Hall–Kier alpha value is -1.59. The summed E-state index contributed by atoms with van der Waals surface area (Å²) in [6.45, 7) is 2.54. The van der Waals surface area contributed by atoms with Crippen LogP contribution in [0.1, 0.15) is 30.3 Å². The summed E-state index contributed by atoms with van der Waals surface area (Å²) >= 11 is 1.74. The summed E-state index contributed by atoms with van der Waals surface area (Å²) in [5.41, 5.74) is 2.12. The van der Waals surface area contributed by atoms with Gasteiger partial charge in [0.2, 0.25) is 0 Å². The van der Waals surface area contributed by atoms with Gasteiger partial charge in [-0.3, -0.25) is 0 Å². The van der Waals surface area contributed by atoms with E-state index in [-0.39, 0.29) is 0 Å². The number of thiazole rings is 1. The van der Waals surface area contributed by atoms with Crippen molar-refractivity contribution in [2.45, 2.75) is 25.3 Å². The van der Waals surface area contributed by atoms with Crippen LogP contribution < -0.4 is 14.8 Å². The van der Waals surface area contributed by atoms with E-state index in [0.717, 1.165) is 42.3 Å². The Morgan fingerprint density at radius 2 is 2.05 bits per heavy atom. The summed E-state index contributed by atoms with van der Waals surface area (Å²) in [7, 11) is 0. The quantitative estimate of drug-likeness (QED) is 0.923. The van der Waals surface area contributed by atoms with Gasteiger partial charge in [-0.2, -0.15) is 0 Å². The topological polar surface area (TPSA) is 43.4 Å². The van der Waals surface area contributed by atoms with Crippen molar-refractivity contribution in [2.75, 3.05) is 19.8 Å². The normalized spacial score (nSPS) is 21.2. The van der Waals surface area contributed by atoms with Gasteiger partial charge in [-0.05, 0) is 37.6 Å². The molecular formula is C16H18N2O2S. The second-order valence-corrected chi connectivity index (χ2v) is 6.32. The Morgan fingerprint density at radius 1 is 1.14 bits per heavy atom. The average molecular weight is 302 g/mol. The maximum absolute atomic E-state index is 5.76. The maximum atomic E-state index is 5.76. The van der Waals surface area contributed by atoms with E-state index in [0.29, 0.717) is 12.6 Å². The molecule has 4 nitrogen and oxygen atoms in total. The van der Waals surface area contributed by atoms with Gasteiger partial charge in [0.25, 0.3) is 0 Å². The Balaban J connectivity index is 1.62. The predicted molar refractivity (Wildman–Crippen MR) is 83.1 cm³/mol. The van der Waals surface area contributed by atoms with Gasteiger partial charge in [-0.15, -0.1) is 11.3 Å². The van der Waals surface area contributed by atoms with Crippen molar-refractivity contribution in [1.29, 1.82) is 0 Å². The lowest BCUT2D eigenvalue weighted by atomic mass is 10.1. The fraction of sp³-hybridized carbons (Fsp3) is 0.438. The monoisotopic (exact) mass is 302 g/mol. The van der Waals surface area contributed by atoms with Crippen molar-refractivity contribution >= 4 is 11.3 Å². The summed E-state index contributed by atoms with van der Waals surface area (Å²) in [5.74, 6) is 1.67. The van der Waals surface area contributed by atoms with Crippen molar-refractivity contribution in [3.8, 4) is 22.8 Å². The first-order valence-electron chi connectivity index (χ1n) is 7.49. The summed E-state index contributed by atoms with van der Waals surface area (Å²) in [5, 5.41) is 6.82. The van der Waals surface area contributed by atoms with Gasteiger partial charge in [0.1, 0.15) is 5.01 Å². The van der Waals surface area contributed by atoms with Crippen LogP contribution in [-0.4, -0.2) is 24.7 Å². The molecule has 110 valence electrons. The third-order valence-electron chi connectivity index (χ3n) is 3.92. The first-order chi connectivity index (χ1) is 10.4. The highest BCUT2D eigenvalue weighted by Gasteiger charge is 2.20. The second-order valence-electron chi connectivity index (χ2n) is 5.43. The minimum Gasteiger partial charge on any atom is -0.490 e. The molecule has 3 heterocycles. The molecule has 5 heteroatoms. The first-order valence-corrected chi connectivity index (χ1v) is 8.37. The van der Waals surface area contributed by atoms with E-state index >= 15 is 0 Å². The fourth-order valence-electron chi connectivity index (χ4n) is 2.80. The lowest BCUT2D eigenvalue weighted by Crippen LogP contribution is -2.12. The van der Waals surface area contributed by atoms with Crippen LogP contribution >= 0.6 is 11.3 Å². The van der Waals surface area contributed by atoms with Gasteiger partial charge in [0.05, 0.1) is 24.9 Å². The highest BCUT2D eigenvalue weighted by molar-refractivity contribution is 7.10. The molecule has 0 radical (unpaired) electrons. The molecule has 1 fully saturated rings. The molecule has 0 spiro atoms. The third-order valence-corrected chi connectivity index (χ3v) is 4.88. The van der Waals surface area contributed by atoms with Gasteiger partial charge < -0.3 is 14.8 Å². The van der Waals surface area contributed by atoms with E-state index in [1.165, 1.54) is 17.8 Å². The molecule has 2 aliphatic rings. The van der Waals surface area contributed by atoms with E-state index in [2.05, 4.69) is 16.8 Å². The molecule has 1 aromatic heterocycles. The number of nitrogens with zero attached hydrogens (tertiary/aromatic N) is 1. The van der Waals surface area contributed by atoms with Gasteiger partial charge in [0, 0.05) is 17.4 Å². The average Bonchev–Trinajstić information content (AvgIpc) is 3.14. The molecule has 1 aromatic carbocycles. The van der Waals surface area contributed by atoms with Crippen molar-refractivity contribution in [1.82, 2.24) is 10.3 Å². The lowest BCUT2D eigenvalue weighted by molar-refractivity contribution is 0.297. The van der Waals surface area contributed by atoms with Crippen LogP contribution in [0.4, 0.5) is 0 Å². The number of nitrogens with one attached hydrogen (secondary N) is 1. The van der Waals surface area contributed by atoms with Gasteiger partial charge in [-0.25, -0.2) is 4.98 Å². The van der Waals surface area contributed by atoms with Crippen LogP contribution in [0.2, 0.25) is 0 Å². The molecule has 0 aliphatic carbocycles. The van der Waals surface area contributed by atoms with Crippen LogP contribution in [0.3, 0.4) is 0 Å². The minimum absolute atomic E-state index is 0.434. The molecule has 0 bridgehead atoms. The summed E-state index contributed by atoms with van der Waals surface area (Å²) in [4.78, 5) is 4.79. The highest BCUT2D eigenvalue weighted by atomic mass is 32.1. The van der Waals surface area contributed by atoms with Gasteiger partial charge >= 0.3 is 0 Å². The molecule has 1 N–H and O–H groups in total. The molecule has 0 saturated carbocycles. The molecule has 2 aliphatic heterocycles. The molecule has 2 aromatic rings. The van der Waals surface area contributed by atoms with E-state index in [9.17, 15) is 0 Å². The zero-order valence-corrected chi connectivity index (χ0v) is 12.6. The Morgan fingerprint density at radius 3 is 2.90 bits per heavy atom. The van der Waals surface area contributed by atoms with E-state index in [1.807, 2.05) is 12.1 Å². The second kappa shape index (κ2) is 5.66. The maximum Gasteiger partial charge on any atom is 0.161 e. The van der Waals surface area contributed by atoms with Crippen molar-refractivity contribution in [3.05, 3.63) is 28.6 Å². The molecule has 1 saturated heterocycles. The molecular weight excluding hydrogens is 284 g/mol. The van der Waals surface area contributed by atoms with E-state index in [1.54, 1.807) is 11.3 Å². The number of hydrogen-bond donors (Lipinski definition) is 1. The first kappa shape index (κ1) is 13.1. The van der Waals surface area contributed by atoms with Crippen molar-refractivity contribution < 1.29 is 9.47 Å². The minimum atomic E-state index is 0.434. The molecule has 0 amide bonds. The number of rotatable bonds is 2. The van der Waals surface area contributed by atoms with Crippen molar-refractivity contribution in [3.63, 3.8) is 0 Å². The van der Waals surface area contributed by atoms with E-state index in [4.69, 9.17) is 14.5 Å². The zero-order chi connectivity index (χ0) is 14.1. The number of hydrogen-bond acceptors (Lipinski definition) is 5. The number of fused-ring (bicyclic) bond motifs is 1. The van der Waals surface area contributed by atoms with Crippen LogP contribution in [0.5, 0.6) is 11.5 Å². The Bertz CT molecular complexity index is 635. The fourth-order valence-corrected chi connectivity index (χ4v) is 3.74. The lowest BCUT2D eigenvalue weighted by Gasteiger charge is -2.08. The highest BCUT2D eigenvalue weighted by Crippen LogP contribution is 2.35. The molecule has 1 atom stereocenters. The number of aromatic nitrogens is 1. The largest absolute Gasteiger partial charge is 0.490 e. The standard InChI is InChI=1S/C16H18N2O2S/c1-3-12(17-6-1)16-18-13(10-21-16)11-4-5-14-15(9-11)20-8-2-7-19-14/h4-5,9-10,12,17H,1-3,6-8H2. The Labute approximate surface area is 128 Å².